The number of hydrogen-bond acceptors (Lipinski definition) is 5. The summed E-state index contributed by atoms with van der Waals surface area (Å²) >= 11 is 0. The first-order valence-corrected chi connectivity index (χ1v) is 6.95. The molecule has 1 N–H and O–H groups in total. The van der Waals surface area contributed by atoms with Gasteiger partial charge in [0.25, 0.3) is 0 Å². The Labute approximate surface area is 128 Å². The molecule has 0 aliphatic heterocycles. The molecule has 0 bridgehead atoms. The molecule has 0 saturated carbocycles. The second kappa shape index (κ2) is 6.30. The van der Waals surface area contributed by atoms with Crippen LogP contribution in [0.3, 0.4) is 0 Å². The second-order valence-corrected chi connectivity index (χ2v) is 4.81. The van der Waals surface area contributed by atoms with Gasteiger partial charge in [0.1, 0.15) is 17.0 Å². The van der Waals surface area contributed by atoms with E-state index in [0.717, 1.165) is 33.8 Å². The zero-order valence-corrected chi connectivity index (χ0v) is 12.5. The van der Waals surface area contributed by atoms with Crippen LogP contribution in [0.5, 0.6) is 11.5 Å². The summed E-state index contributed by atoms with van der Waals surface area (Å²) < 4.78 is 10.4. The zero-order chi connectivity index (χ0) is 15.4. The van der Waals surface area contributed by atoms with Gasteiger partial charge in [-0.1, -0.05) is 12.1 Å². The Hall–Kier alpha value is -2.82. The molecule has 0 unspecified atom stereocenters. The molecule has 2 aromatic heterocycles. The Bertz CT molecular complexity index is 772. The van der Waals surface area contributed by atoms with Crippen LogP contribution in [0.1, 0.15) is 5.56 Å². The molecule has 0 saturated heterocycles. The van der Waals surface area contributed by atoms with E-state index in [0.29, 0.717) is 6.54 Å². The van der Waals surface area contributed by atoms with E-state index in [1.807, 2.05) is 36.4 Å². The van der Waals surface area contributed by atoms with Gasteiger partial charge in [-0.3, -0.25) is 0 Å². The quantitative estimate of drug-likeness (QED) is 0.783. The van der Waals surface area contributed by atoms with Gasteiger partial charge in [0.15, 0.2) is 5.82 Å². The molecule has 5 nitrogen and oxygen atoms in total. The number of rotatable bonds is 5. The van der Waals surface area contributed by atoms with E-state index >= 15 is 0 Å². The maximum atomic E-state index is 5.20. The fourth-order valence-electron chi connectivity index (χ4n) is 2.21. The Balaban J connectivity index is 1.81. The average Bonchev–Trinajstić information content (AvgIpc) is 2.59. The molecule has 0 amide bonds. The van der Waals surface area contributed by atoms with Crippen molar-refractivity contribution >= 4 is 16.7 Å². The number of aromatic nitrogens is 2. The molecule has 3 aromatic rings. The Morgan fingerprint density at radius 1 is 0.955 bits per heavy atom. The molecule has 22 heavy (non-hydrogen) atoms. The fourth-order valence-corrected chi connectivity index (χ4v) is 2.21. The lowest BCUT2D eigenvalue weighted by molar-refractivity contribution is 0.414. The highest BCUT2D eigenvalue weighted by atomic mass is 16.5. The van der Waals surface area contributed by atoms with Gasteiger partial charge in [-0.05, 0) is 29.8 Å². The van der Waals surface area contributed by atoms with Crippen molar-refractivity contribution in [2.45, 2.75) is 6.54 Å². The predicted molar refractivity (Wildman–Crippen MR) is 86.4 cm³/mol. The molecule has 0 atom stereocenters. The molecule has 0 fully saturated rings. The summed E-state index contributed by atoms with van der Waals surface area (Å²) in [5.41, 5.74) is 1.98. The summed E-state index contributed by atoms with van der Waals surface area (Å²) in [5.74, 6) is 2.34. The number of ether oxygens (including phenoxy) is 2. The lowest BCUT2D eigenvalue weighted by Gasteiger charge is -2.09. The van der Waals surface area contributed by atoms with Crippen molar-refractivity contribution < 1.29 is 9.47 Å². The first-order valence-electron chi connectivity index (χ1n) is 6.95. The van der Waals surface area contributed by atoms with Crippen LogP contribution in [0.4, 0.5) is 5.82 Å². The molecule has 1 aromatic carbocycles. The maximum absolute atomic E-state index is 5.20. The number of fused-ring (bicyclic) bond motifs is 1. The van der Waals surface area contributed by atoms with Gasteiger partial charge in [0, 0.05) is 18.1 Å². The Morgan fingerprint density at radius 2 is 1.73 bits per heavy atom. The normalized spacial score (nSPS) is 10.5. The molecule has 0 aliphatic carbocycles. The summed E-state index contributed by atoms with van der Waals surface area (Å²) in [5, 5.41) is 4.32. The third kappa shape index (κ3) is 2.93. The number of methoxy groups -OCH3 is 2. The topological polar surface area (TPSA) is 56.3 Å². The third-order valence-electron chi connectivity index (χ3n) is 3.43. The van der Waals surface area contributed by atoms with Crippen LogP contribution in [-0.4, -0.2) is 24.2 Å². The highest BCUT2D eigenvalue weighted by molar-refractivity contribution is 5.88. The van der Waals surface area contributed by atoms with Gasteiger partial charge in [0.05, 0.1) is 20.4 Å². The smallest absolute Gasteiger partial charge is 0.152 e. The van der Waals surface area contributed by atoms with E-state index in [-0.39, 0.29) is 0 Å². The average molecular weight is 295 g/mol. The minimum absolute atomic E-state index is 0.670. The Kier molecular flexibility index (Phi) is 4.05. The third-order valence-corrected chi connectivity index (χ3v) is 3.43. The minimum atomic E-state index is 0.670. The van der Waals surface area contributed by atoms with E-state index < -0.39 is 0 Å². The minimum Gasteiger partial charge on any atom is -0.497 e. The number of nitrogens with one attached hydrogen (secondary N) is 1. The number of benzene rings is 1. The van der Waals surface area contributed by atoms with Crippen LogP contribution in [-0.2, 0) is 6.54 Å². The maximum Gasteiger partial charge on any atom is 0.152 e. The van der Waals surface area contributed by atoms with Crippen LogP contribution in [0.2, 0.25) is 0 Å². The standard InChI is InChI=1S/C17H17N3O2/c1-21-14-5-3-12(4-6-14)10-20-17-16-13(7-8-18-17)9-15(22-2)11-19-16/h3-9,11H,10H2,1-2H3,(H,18,20). The van der Waals surface area contributed by atoms with Gasteiger partial charge < -0.3 is 14.8 Å². The van der Waals surface area contributed by atoms with Crippen molar-refractivity contribution in [2.24, 2.45) is 0 Å². The SMILES string of the molecule is COc1ccc(CNc2nccc3cc(OC)cnc23)cc1. The second-order valence-electron chi connectivity index (χ2n) is 4.81. The van der Waals surface area contributed by atoms with Crippen molar-refractivity contribution in [2.75, 3.05) is 19.5 Å². The monoisotopic (exact) mass is 295 g/mol. The zero-order valence-electron chi connectivity index (χ0n) is 12.5. The molecule has 0 spiro atoms. The lowest BCUT2D eigenvalue weighted by atomic mass is 10.2. The number of anilines is 1. The number of pyridine rings is 2. The van der Waals surface area contributed by atoms with Crippen LogP contribution in [0.25, 0.3) is 10.9 Å². The van der Waals surface area contributed by atoms with Crippen molar-refractivity contribution in [3.05, 3.63) is 54.4 Å². The highest BCUT2D eigenvalue weighted by Gasteiger charge is 2.05. The fraction of sp³-hybridized carbons (Fsp3) is 0.176. The molecular formula is C17H17N3O2. The van der Waals surface area contributed by atoms with Gasteiger partial charge in [-0.25, -0.2) is 9.97 Å². The van der Waals surface area contributed by atoms with Gasteiger partial charge in [0.2, 0.25) is 0 Å². The summed E-state index contributed by atoms with van der Waals surface area (Å²) in [6.45, 7) is 0.670. The van der Waals surface area contributed by atoms with E-state index in [4.69, 9.17) is 9.47 Å². The van der Waals surface area contributed by atoms with Crippen molar-refractivity contribution in [3.63, 3.8) is 0 Å². The molecule has 112 valence electrons. The van der Waals surface area contributed by atoms with E-state index in [1.165, 1.54) is 0 Å². The molecular weight excluding hydrogens is 278 g/mol. The highest BCUT2D eigenvalue weighted by Crippen LogP contribution is 2.23. The lowest BCUT2D eigenvalue weighted by Crippen LogP contribution is -2.02. The van der Waals surface area contributed by atoms with Crippen LogP contribution in [0, 0.1) is 0 Å². The van der Waals surface area contributed by atoms with Gasteiger partial charge >= 0.3 is 0 Å². The first kappa shape index (κ1) is 14.1. The number of nitrogens with zero attached hydrogens (tertiary/aromatic N) is 2. The molecule has 2 heterocycles. The van der Waals surface area contributed by atoms with Gasteiger partial charge in [-0.2, -0.15) is 0 Å². The van der Waals surface area contributed by atoms with E-state index in [2.05, 4.69) is 15.3 Å². The molecule has 0 aliphatic rings. The number of hydrogen-bond donors (Lipinski definition) is 1. The largest absolute Gasteiger partial charge is 0.497 e. The van der Waals surface area contributed by atoms with Crippen molar-refractivity contribution in [3.8, 4) is 11.5 Å². The summed E-state index contributed by atoms with van der Waals surface area (Å²) in [6, 6.07) is 11.8. The van der Waals surface area contributed by atoms with Crippen LogP contribution in [0.15, 0.2) is 48.8 Å². The van der Waals surface area contributed by atoms with Crippen LogP contribution < -0.4 is 14.8 Å². The van der Waals surface area contributed by atoms with Gasteiger partial charge in [-0.15, -0.1) is 0 Å². The molecule has 0 radical (unpaired) electrons. The summed E-state index contributed by atoms with van der Waals surface area (Å²) in [7, 11) is 3.29. The summed E-state index contributed by atoms with van der Waals surface area (Å²) in [6.07, 6.45) is 3.46. The molecule has 3 rings (SSSR count). The molecule has 5 heteroatoms. The van der Waals surface area contributed by atoms with Crippen molar-refractivity contribution in [1.82, 2.24) is 9.97 Å². The first-order chi connectivity index (χ1) is 10.8. The summed E-state index contributed by atoms with van der Waals surface area (Å²) in [4.78, 5) is 8.79. The van der Waals surface area contributed by atoms with E-state index in [9.17, 15) is 0 Å². The van der Waals surface area contributed by atoms with E-state index in [1.54, 1.807) is 26.6 Å². The van der Waals surface area contributed by atoms with Crippen molar-refractivity contribution in [1.29, 1.82) is 0 Å². The Morgan fingerprint density at radius 3 is 2.45 bits per heavy atom. The predicted octanol–water partition coefficient (Wildman–Crippen LogP) is 3.26. The van der Waals surface area contributed by atoms with Crippen LogP contribution >= 0.6 is 0 Å².